The number of amides is 1. The molecule has 2 aromatic rings. The molecule has 8 nitrogen and oxygen atoms in total. The number of rotatable bonds is 4. The van der Waals surface area contributed by atoms with Crippen molar-refractivity contribution in [2.45, 2.75) is 0 Å². The number of tetrazole rings is 1. The van der Waals surface area contributed by atoms with Gasteiger partial charge in [-0.3, -0.25) is 4.79 Å². The van der Waals surface area contributed by atoms with Gasteiger partial charge in [0.2, 0.25) is 5.82 Å². The molecule has 0 unspecified atom stereocenters. The number of allylic oxidation sites excluding steroid dienone is 1. The topological polar surface area (TPSA) is 119 Å². The van der Waals surface area contributed by atoms with Crippen LogP contribution in [0.5, 0.6) is 0 Å². The molecular weight excluding hydrogens is 294 g/mol. The lowest BCUT2D eigenvalue weighted by Crippen LogP contribution is -2.19. The lowest BCUT2D eigenvalue weighted by Gasteiger charge is -2.08. The summed E-state index contributed by atoms with van der Waals surface area (Å²) in [5.41, 5.74) is 1.02. The Kier molecular flexibility index (Phi) is 4.48. The molecule has 1 aromatic heterocycles. The third-order valence-corrected chi connectivity index (χ3v) is 2.77. The second-order valence-electron chi connectivity index (χ2n) is 3.82. The number of carbonyl (C=O) groups excluding carboxylic acids is 1. The molecule has 0 spiro atoms. The summed E-state index contributed by atoms with van der Waals surface area (Å²) in [6, 6.07) is 6.72. The van der Waals surface area contributed by atoms with Gasteiger partial charge >= 0.3 is 0 Å². The summed E-state index contributed by atoms with van der Waals surface area (Å²) >= 11 is 5.88. The maximum Gasteiger partial charge on any atom is 0.253 e. The minimum absolute atomic E-state index is 0.153. The summed E-state index contributed by atoms with van der Waals surface area (Å²) in [4.78, 5) is 11.8. The number of nitrogens with zero attached hydrogens (tertiary/aromatic N) is 4. The zero-order valence-corrected chi connectivity index (χ0v) is 11.6. The first kappa shape index (κ1) is 14.5. The normalized spacial score (nSPS) is 10.8. The number of nitrogens with one attached hydrogen (secondary N) is 3. The van der Waals surface area contributed by atoms with Crippen LogP contribution >= 0.6 is 11.6 Å². The number of anilines is 1. The van der Waals surface area contributed by atoms with Gasteiger partial charge in [-0.05, 0) is 23.4 Å². The van der Waals surface area contributed by atoms with Gasteiger partial charge in [-0.25, -0.2) is 0 Å². The molecule has 106 valence electrons. The number of aromatic amines is 1. The maximum atomic E-state index is 11.8. The van der Waals surface area contributed by atoms with Gasteiger partial charge in [0.15, 0.2) is 0 Å². The molecule has 9 heteroatoms. The summed E-state index contributed by atoms with van der Waals surface area (Å²) in [6.45, 7) is 0. The van der Waals surface area contributed by atoms with Crippen molar-refractivity contribution in [3.63, 3.8) is 0 Å². The van der Waals surface area contributed by atoms with Crippen LogP contribution in [0.1, 0.15) is 16.2 Å². The Hall–Kier alpha value is -2.92. The Morgan fingerprint density at radius 1 is 1.52 bits per heavy atom. The SMILES string of the molecule is CNC(=O)c1cc(Cl)ccc1NC=C(C#N)c1nn[nH]n1. The van der Waals surface area contributed by atoms with E-state index in [4.69, 9.17) is 16.9 Å². The number of aromatic nitrogens is 4. The van der Waals surface area contributed by atoms with Crippen molar-refractivity contribution >= 4 is 28.8 Å². The van der Waals surface area contributed by atoms with Crippen molar-refractivity contribution in [3.8, 4) is 6.07 Å². The highest BCUT2D eigenvalue weighted by atomic mass is 35.5. The molecule has 1 heterocycles. The van der Waals surface area contributed by atoms with Crippen LogP contribution in [-0.4, -0.2) is 33.6 Å². The number of carbonyl (C=O) groups is 1. The Morgan fingerprint density at radius 2 is 2.33 bits per heavy atom. The van der Waals surface area contributed by atoms with E-state index in [0.717, 1.165) is 0 Å². The number of hydrogen-bond donors (Lipinski definition) is 3. The fourth-order valence-electron chi connectivity index (χ4n) is 1.54. The molecule has 0 aliphatic rings. The highest BCUT2D eigenvalue weighted by molar-refractivity contribution is 6.31. The zero-order chi connectivity index (χ0) is 15.2. The van der Waals surface area contributed by atoms with Crippen LogP contribution in [0.25, 0.3) is 5.57 Å². The largest absolute Gasteiger partial charge is 0.360 e. The van der Waals surface area contributed by atoms with Crippen molar-refractivity contribution in [2.24, 2.45) is 0 Å². The molecule has 1 amide bonds. The Labute approximate surface area is 124 Å². The van der Waals surface area contributed by atoms with Gasteiger partial charge in [0, 0.05) is 18.3 Å². The summed E-state index contributed by atoms with van der Waals surface area (Å²) < 4.78 is 0. The van der Waals surface area contributed by atoms with Crippen molar-refractivity contribution in [1.29, 1.82) is 5.26 Å². The Balaban J connectivity index is 2.32. The van der Waals surface area contributed by atoms with Gasteiger partial charge in [-0.15, -0.1) is 10.2 Å². The van der Waals surface area contributed by atoms with Gasteiger partial charge in [0.25, 0.3) is 5.91 Å². The minimum atomic E-state index is -0.300. The molecule has 0 bridgehead atoms. The lowest BCUT2D eigenvalue weighted by molar-refractivity contribution is 0.0964. The van der Waals surface area contributed by atoms with Crippen molar-refractivity contribution in [1.82, 2.24) is 25.9 Å². The van der Waals surface area contributed by atoms with Gasteiger partial charge in [0.1, 0.15) is 11.6 Å². The zero-order valence-electron chi connectivity index (χ0n) is 10.9. The average molecular weight is 304 g/mol. The van der Waals surface area contributed by atoms with Crippen molar-refractivity contribution in [2.75, 3.05) is 12.4 Å². The Bertz CT molecular complexity index is 718. The third kappa shape index (κ3) is 3.34. The predicted octanol–water partition coefficient (Wildman–Crippen LogP) is 1.19. The second-order valence-corrected chi connectivity index (χ2v) is 4.26. The predicted molar refractivity (Wildman–Crippen MR) is 76.2 cm³/mol. The quantitative estimate of drug-likeness (QED) is 0.730. The Morgan fingerprint density at radius 3 is 2.95 bits per heavy atom. The number of nitriles is 1. The molecule has 0 atom stereocenters. The van der Waals surface area contributed by atoms with Crippen LogP contribution in [-0.2, 0) is 0 Å². The van der Waals surface area contributed by atoms with Gasteiger partial charge < -0.3 is 10.6 Å². The number of benzene rings is 1. The standard InChI is InChI=1S/C12H10ClN7O/c1-15-12(21)9-4-8(13)2-3-10(9)16-6-7(5-14)11-17-19-20-18-11/h2-4,6,16H,1H3,(H,15,21)(H,17,18,19,20). The van der Waals surface area contributed by atoms with E-state index in [1.165, 1.54) is 19.3 Å². The first-order chi connectivity index (χ1) is 10.2. The minimum Gasteiger partial charge on any atom is -0.360 e. The van der Waals surface area contributed by atoms with E-state index in [-0.39, 0.29) is 17.3 Å². The molecule has 3 N–H and O–H groups in total. The first-order valence-electron chi connectivity index (χ1n) is 5.78. The van der Waals surface area contributed by atoms with Gasteiger partial charge in [0.05, 0.1) is 11.3 Å². The van der Waals surface area contributed by atoms with Crippen LogP contribution in [0.15, 0.2) is 24.4 Å². The van der Waals surface area contributed by atoms with E-state index in [2.05, 4.69) is 31.3 Å². The van der Waals surface area contributed by atoms with Gasteiger partial charge in [-0.1, -0.05) is 11.6 Å². The van der Waals surface area contributed by atoms with E-state index < -0.39 is 0 Å². The summed E-state index contributed by atoms with van der Waals surface area (Å²) in [5, 5.41) is 27.9. The van der Waals surface area contributed by atoms with E-state index in [1.54, 1.807) is 12.1 Å². The molecular formula is C12H10ClN7O. The van der Waals surface area contributed by atoms with Crippen molar-refractivity contribution < 1.29 is 4.79 Å². The monoisotopic (exact) mass is 303 g/mol. The van der Waals surface area contributed by atoms with E-state index >= 15 is 0 Å². The summed E-state index contributed by atoms with van der Waals surface area (Å²) in [7, 11) is 1.52. The molecule has 0 saturated heterocycles. The van der Waals surface area contributed by atoms with E-state index in [0.29, 0.717) is 16.3 Å². The maximum absolute atomic E-state index is 11.8. The molecule has 0 radical (unpaired) electrons. The van der Waals surface area contributed by atoms with Crippen LogP contribution in [0.2, 0.25) is 5.02 Å². The van der Waals surface area contributed by atoms with E-state index in [9.17, 15) is 4.79 Å². The lowest BCUT2D eigenvalue weighted by atomic mass is 10.1. The highest BCUT2D eigenvalue weighted by Crippen LogP contribution is 2.21. The smallest absolute Gasteiger partial charge is 0.253 e. The van der Waals surface area contributed by atoms with E-state index in [1.807, 2.05) is 6.07 Å². The first-order valence-corrected chi connectivity index (χ1v) is 6.15. The van der Waals surface area contributed by atoms with Crippen LogP contribution in [0.3, 0.4) is 0 Å². The fraction of sp³-hybridized carbons (Fsp3) is 0.0833. The molecule has 2 rings (SSSR count). The van der Waals surface area contributed by atoms with Gasteiger partial charge in [-0.2, -0.15) is 10.5 Å². The summed E-state index contributed by atoms with van der Waals surface area (Å²) in [5.74, 6) is -0.146. The highest BCUT2D eigenvalue weighted by Gasteiger charge is 2.11. The van der Waals surface area contributed by atoms with Crippen molar-refractivity contribution in [3.05, 3.63) is 40.8 Å². The second kappa shape index (κ2) is 6.49. The van der Waals surface area contributed by atoms with Crippen LogP contribution in [0, 0.1) is 11.3 Å². The molecule has 0 fully saturated rings. The number of hydrogen-bond acceptors (Lipinski definition) is 6. The summed E-state index contributed by atoms with van der Waals surface area (Å²) in [6.07, 6.45) is 1.39. The number of halogens is 1. The average Bonchev–Trinajstić information content (AvgIpc) is 3.02. The molecule has 0 saturated carbocycles. The molecule has 0 aliphatic carbocycles. The molecule has 0 aliphatic heterocycles. The van der Waals surface area contributed by atoms with Crippen LogP contribution in [0.4, 0.5) is 5.69 Å². The molecule has 21 heavy (non-hydrogen) atoms. The molecule has 1 aromatic carbocycles. The number of H-pyrrole nitrogens is 1. The van der Waals surface area contributed by atoms with Crippen LogP contribution < -0.4 is 10.6 Å². The third-order valence-electron chi connectivity index (χ3n) is 2.53. The fourth-order valence-corrected chi connectivity index (χ4v) is 1.71.